The number of aromatic hydroxyl groups is 2. The standard InChI is InChI=1S/C30H33N7O6/c1-4-31-29(40)28-35-34-27(22-13-21(17(2)3)24(38)14-25(22)39)37(28)18-5-7-19(8-6-18)43-20-9-11-36(12-10-20)26-16-32-23(15-33-26)30(41)42/h5-8,13-17,20,38-39H,4,9-12H2,1-3H3,(H,31,40)(H,41,42). The average Bonchev–Trinajstić information content (AvgIpc) is 3.43. The predicted octanol–water partition coefficient (Wildman–Crippen LogP) is 3.75. The van der Waals surface area contributed by atoms with Crippen LogP contribution in [0.1, 0.15) is 66.2 Å². The number of hydrogen-bond acceptors (Lipinski definition) is 10. The van der Waals surface area contributed by atoms with Crippen molar-refractivity contribution in [2.45, 2.75) is 45.6 Å². The molecule has 3 heterocycles. The lowest BCUT2D eigenvalue weighted by Gasteiger charge is -2.32. The van der Waals surface area contributed by atoms with Gasteiger partial charge in [0.25, 0.3) is 5.91 Å². The highest BCUT2D eigenvalue weighted by Gasteiger charge is 2.25. The predicted molar refractivity (Wildman–Crippen MR) is 157 cm³/mol. The van der Waals surface area contributed by atoms with Crippen LogP contribution in [0.4, 0.5) is 5.82 Å². The molecule has 0 bridgehead atoms. The minimum Gasteiger partial charge on any atom is -0.508 e. The van der Waals surface area contributed by atoms with Crippen molar-refractivity contribution < 1.29 is 29.6 Å². The van der Waals surface area contributed by atoms with Gasteiger partial charge in [0.2, 0.25) is 5.82 Å². The molecule has 0 radical (unpaired) electrons. The van der Waals surface area contributed by atoms with E-state index in [1.165, 1.54) is 18.5 Å². The van der Waals surface area contributed by atoms with E-state index in [2.05, 4.69) is 25.5 Å². The Hall–Kier alpha value is -5.20. The number of aromatic carboxylic acids is 1. The first kappa shape index (κ1) is 29.3. The van der Waals surface area contributed by atoms with Gasteiger partial charge in [-0.15, -0.1) is 10.2 Å². The molecule has 4 aromatic rings. The zero-order chi connectivity index (χ0) is 30.7. The van der Waals surface area contributed by atoms with E-state index >= 15 is 0 Å². The summed E-state index contributed by atoms with van der Waals surface area (Å²) in [6, 6.07) is 10.1. The maximum atomic E-state index is 12.9. The van der Waals surface area contributed by atoms with Crippen LogP contribution >= 0.6 is 0 Å². The largest absolute Gasteiger partial charge is 0.508 e. The van der Waals surface area contributed by atoms with Gasteiger partial charge in [-0.1, -0.05) is 13.8 Å². The minimum atomic E-state index is -1.11. The molecule has 0 atom stereocenters. The molecule has 0 spiro atoms. The second kappa shape index (κ2) is 12.3. The smallest absolute Gasteiger partial charge is 0.356 e. The first-order chi connectivity index (χ1) is 20.7. The third-order valence-electron chi connectivity index (χ3n) is 7.23. The van der Waals surface area contributed by atoms with Gasteiger partial charge in [-0.05, 0) is 48.7 Å². The molecule has 13 heteroatoms. The van der Waals surface area contributed by atoms with Crippen LogP contribution in [0.2, 0.25) is 0 Å². The number of phenols is 2. The summed E-state index contributed by atoms with van der Waals surface area (Å²) in [5.41, 5.74) is 1.45. The average molecular weight is 588 g/mol. The van der Waals surface area contributed by atoms with Crippen LogP contribution in [0.5, 0.6) is 17.2 Å². The van der Waals surface area contributed by atoms with Crippen molar-refractivity contribution in [1.82, 2.24) is 30.0 Å². The number of carboxylic acid groups (broad SMARTS) is 1. The zero-order valence-corrected chi connectivity index (χ0v) is 24.1. The molecule has 1 aliphatic heterocycles. The number of carboxylic acids is 1. The number of amides is 1. The third-order valence-corrected chi connectivity index (χ3v) is 7.23. The number of benzene rings is 2. The normalized spacial score (nSPS) is 13.7. The lowest BCUT2D eigenvalue weighted by Crippen LogP contribution is -2.38. The SMILES string of the molecule is CCNC(=O)c1nnc(-c2cc(C(C)C)c(O)cc2O)n1-c1ccc(OC2CCN(c3cnc(C(=O)O)cn3)CC2)cc1. The summed E-state index contributed by atoms with van der Waals surface area (Å²) >= 11 is 0. The van der Waals surface area contributed by atoms with Crippen molar-refractivity contribution in [2.24, 2.45) is 0 Å². The van der Waals surface area contributed by atoms with Crippen LogP contribution in [0.25, 0.3) is 17.1 Å². The van der Waals surface area contributed by atoms with E-state index in [1.807, 2.05) is 18.7 Å². The maximum Gasteiger partial charge on any atom is 0.356 e. The summed E-state index contributed by atoms with van der Waals surface area (Å²) in [5, 5.41) is 41.2. The first-order valence-electron chi connectivity index (χ1n) is 14.0. The molecule has 1 saturated heterocycles. The highest BCUT2D eigenvalue weighted by molar-refractivity contribution is 5.92. The van der Waals surface area contributed by atoms with Crippen LogP contribution in [-0.4, -0.2) is 77.7 Å². The van der Waals surface area contributed by atoms with E-state index < -0.39 is 11.9 Å². The minimum absolute atomic E-state index is 0.0210. The van der Waals surface area contributed by atoms with Crippen molar-refractivity contribution in [3.05, 3.63) is 65.9 Å². The molecule has 43 heavy (non-hydrogen) atoms. The summed E-state index contributed by atoms with van der Waals surface area (Å²) in [4.78, 5) is 34.1. The number of carbonyl (C=O) groups is 2. The lowest BCUT2D eigenvalue weighted by atomic mass is 9.98. The quantitative estimate of drug-likeness (QED) is 0.224. The number of hydrogen-bond donors (Lipinski definition) is 4. The third kappa shape index (κ3) is 6.20. The number of ether oxygens (including phenoxy) is 1. The van der Waals surface area contributed by atoms with Crippen LogP contribution < -0.4 is 15.0 Å². The molecule has 1 aliphatic rings. The summed E-state index contributed by atoms with van der Waals surface area (Å²) < 4.78 is 7.81. The number of piperidine rings is 1. The Kier molecular flexibility index (Phi) is 8.41. The van der Waals surface area contributed by atoms with Crippen molar-refractivity contribution in [1.29, 1.82) is 0 Å². The fraction of sp³-hybridized carbons (Fsp3) is 0.333. The maximum absolute atomic E-state index is 12.9. The van der Waals surface area contributed by atoms with Gasteiger partial charge in [0.1, 0.15) is 29.2 Å². The zero-order valence-electron chi connectivity index (χ0n) is 24.1. The van der Waals surface area contributed by atoms with Gasteiger partial charge < -0.3 is 30.3 Å². The summed E-state index contributed by atoms with van der Waals surface area (Å²) in [6.07, 6.45) is 4.16. The molecular weight excluding hydrogens is 554 g/mol. The number of nitrogens with zero attached hydrogens (tertiary/aromatic N) is 6. The van der Waals surface area contributed by atoms with Crippen molar-refractivity contribution in [2.75, 3.05) is 24.5 Å². The number of phenolic OH excluding ortho intramolecular Hbond substituents is 2. The number of nitrogens with one attached hydrogen (secondary N) is 1. The van der Waals surface area contributed by atoms with E-state index in [9.17, 15) is 19.8 Å². The number of anilines is 1. The Morgan fingerprint density at radius 1 is 1.02 bits per heavy atom. The molecular formula is C30H33N7O6. The molecule has 4 N–H and O–H groups in total. The van der Waals surface area contributed by atoms with Crippen molar-refractivity contribution in [3.8, 4) is 34.3 Å². The molecule has 1 amide bonds. The van der Waals surface area contributed by atoms with E-state index in [0.29, 0.717) is 48.0 Å². The molecule has 0 unspecified atom stereocenters. The van der Waals surface area contributed by atoms with Gasteiger partial charge in [-0.3, -0.25) is 9.36 Å². The number of aromatic nitrogens is 5. The highest BCUT2D eigenvalue weighted by Crippen LogP contribution is 2.38. The van der Waals surface area contributed by atoms with E-state index in [1.54, 1.807) is 41.8 Å². The van der Waals surface area contributed by atoms with Gasteiger partial charge in [0.15, 0.2) is 11.5 Å². The lowest BCUT2D eigenvalue weighted by molar-refractivity contribution is 0.0689. The van der Waals surface area contributed by atoms with Crippen LogP contribution in [-0.2, 0) is 0 Å². The fourth-order valence-electron chi connectivity index (χ4n) is 4.99. The Bertz CT molecular complexity index is 1610. The van der Waals surface area contributed by atoms with Gasteiger partial charge >= 0.3 is 5.97 Å². The highest BCUT2D eigenvalue weighted by atomic mass is 16.5. The molecule has 1 fully saturated rings. The number of carbonyl (C=O) groups excluding carboxylic acids is 1. The molecule has 13 nitrogen and oxygen atoms in total. The Morgan fingerprint density at radius 3 is 2.35 bits per heavy atom. The monoisotopic (exact) mass is 587 g/mol. The van der Waals surface area contributed by atoms with E-state index in [0.717, 1.165) is 12.8 Å². The van der Waals surface area contributed by atoms with Crippen molar-refractivity contribution >= 4 is 17.7 Å². The van der Waals surface area contributed by atoms with Gasteiger partial charge in [0.05, 0.1) is 18.0 Å². The van der Waals surface area contributed by atoms with Gasteiger partial charge in [0, 0.05) is 44.2 Å². The van der Waals surface area contributed by atoms with Gasteiger partial charge in [-0.2, -0.15) is 0 Å². The molecule has 5 rings (SSSR count). The molecule has 0 saturated carbocycles. The second-order valence-corrected chi connectivity index (χ2v) is 10.5. The van der Waals surface area contributed by atoms with Crippen molar-refractivity contribution in [3.63, 3.8) is 0 Å². The van der Waals surface area contributed by atoms with Crippen LogP contribution in [0, 0.1) is 0 Å². The Balaban J connectivity index is 1.35. The number of rotatable bonds is 9. The summed E-state index contributed by atoms with van der Waals surface area (Å²) in [5.74, 6) is -0.188. The molecule has 2 aromatic carbocycles. The summed E-state index contributed by atoms with van der Waals surface area (Å²) in [6.45, 7) is 7.41. The fourth-order valence-corrected chi connectivity index (χ4v) is 4.99. The first-order valence-corrected chi connectivity index (χ1v) is 14.0. The van der Waals surface area contributed by atoms with Crippen LogP contribution in [0.15, 0.2) is 48.8 Å². The van der Waals surface area contributed by atoms with E-state index in [4.69, 9.17) is 9.84 Å². The molecule has 0 aliphatic carbocycles. The topological polar surface area (TPSA) is 176 Å². The summed E-state index contributed by atoms with van der Waals surface area (Å²) in [7, 11) is 0. The Labute approximate surface area is 247 Å². The Morgan fingerprint density at radius 2 is 1.74 bits per heavy atom. The molecule has 224 valence electrons. The van der Waals surface area contributed by atoms with Crippen LogP contribution in [0.3, 0.4) is 0 Å². The van der Waals surface area contributed by atoms with E-state index in [-0.39, 0.29) is 40.9 Å². The molecule has 2 aromatic heterocycles. The second-order valence-electron chi connectivity index (χ2n) is 10.5. The van der Waals surface area contributed by atoms with Gasteiger partial charge in [-0.25, -0.2) is 14.8 Å².